The molecule has 28 heavy (non-hydrogen) atoms. The van der Waals surface area contributed by atoms with Gasteiger partial charge < -0.3 is 9.47 Å². The second-order valence-electron chi connectivity index (χ2n) is 7.55. The Bertz CT molecular complexity index is 956. The first kappa shape index (κ1) is 17.3. The fourth-order valence-corrected chi connectivity index (χ4v) is 4.48. The van der Waals surface area contributed by atoms with Crippen molar-refractivity contribution in [2.75, 3.05) is 25.0 Å². The molecule has 144 valence electrons. The Morgan fingerprint density at radius 1 is 1.14 bits per heavy atom. The van der Waals surface area contributed by atoms with Crippen LogP contribution in [-0.2, 0) is 6.42 Å². The zero-order chi connectivity index (χ0) is 19.1. The smallest absolute Gasteiger partial charge is 0.417 e. The molecule has 1 atom stereocenters. The van der Waals surface area contributed by atoms with Crippen molar-refractivity contribution in [1.29, 1.82) is 0 Å². The van der Waals surface area contributed by atoms with E-state index in [4.69, 9.17) is 9.47 Å². The van der Waals surface area contributed by atoms with Crippen LogP contribution < -0.4 is 14.8 Å². The molecule has 6 nitrogen and oxygen atoms in total. The van der Waals surface area contributed by atoms with Gasteiger partial charge in [0.25, 0.3) is 0 Å². The van der Waals surface area contributed by atoms with Crippen molar-refractivity contribution in [2.24, 2.45) is 0 Å². The van der Waals surface area contributed by atoms with Crippen molar-refractivity contribution in [3.05, 3.63) is 53.1 Å². The molecule has 6 heteroatoms. The molecule has 3 heterocycles. The minimum Gasteiger partial charge on any atom is -0.492 e. The summed E-state index contributed by atoms with van der Waals surface area (Å²) in [5, 5.41) is 2.82. The van der Waals surface area contributed by atoms with Gasteiger partial charge in [0.05, 0.1) is 12.2 Å². The first-order chi connectivity index (χ1) is 13.7. The van der Waals surface area contributed by atoms with Crippen molar-refractivity contribution < 1.29 is 19.1 Å². The van der Waals surface area contributed by atoms with E-state index in [1.165, 1.54) is 24.0 Å². The summed E-state index contributed by atoms with van der Waals surface area (Å²) in [5.41, 5.74) is 3.88. The third-order valence-corrected chi connectivity index (χ3v) is 5.83. The van der Waals surface area contributed by atoms with Crippen LogP contribution in [0.1, 0.15) is 46.8 Å². The molecule has 2 aromatic carbocycles. The van der Waals surface area contributed by atoms with Crippen LogP contribution in [0.4, 0.5) is 10.5 Å². The monoisotopic (exact) mass is 378 g/mol. The van der Waals surface area contributed by atoms with Gasteiger partial charge >= 0.3 is 6.09 Å². The lowest BCUT2D eigenvalue weighted by molar-refractivity contribution is 0.0932. The van der Waals surface area contributed by atoms with Crippen LogP contribution in [0.5, 0.6) is 11.5 Å². The minimum atomic E-state index is -0.567. The van der Waals surface area contributed by atoms with Gasteiger partial charge in [-0.2, -0.15) is 0 Å². The van der Waals surface area contributed by atoms with Crippen molar-refractivity contribution >= 4 is 17.6 Å². The van der Waals surface area contributed by atoms with E-state index in [-0.39, 0.29) is 5.78 Å². The van der Waals surface area contributed by atoms with Crippen LogP contribution in [0.25, 0.3) is 0 Å². The number of carbonyl (C=O) groups excluding carboxylic acids is 2. The van der Waals surface area contributed by atoms with E-state index < -0.39 is 6.09 Å². The molecule has 0 spiro atoms. The average molecular weight is 378 g/mol. The fourth-order valence-electron chi connectivity index (χ4n) is 4.48. The summed E-state index contributed by atoms with van der Waals surface area (Å²) < 4.78 is 10.9. The first-order valence-corrected chi connectivity index (χ1v) is 9.83. The van der Waals surface area contributed by atoms with E-state index in [2.05, 4.69) is 22.3 Å². The molecule has 3 aliphatic heterocycles. The summed E-state index contributed by atoms with van der Waals surface area (Å²) in [7, 11) is 0. The Kier molecular flexibility index (Phi) is 4.28. The van der Waals surface area contributed by atoms with Gasteiger partial charge in [0.15, 0.2) is 5.78 Å². The Morgan fingerprint density at radius 2 is 2.07 bits per heavy atom. The van der Waals surface area contributed by atoms with E-state index in [9.17, 15) is 9.59 Å². The number of ether oxygens (including phenoxy) is 2. The molecular formula is C22H22N2O4. The highest BCUT2D eigenvalue weighted by Gasteiger charge is 2.31. The molecule has 1 N–H and O–H groups in total. The maximum Gasteiger partial charge on any atom is 0.417 e. The van der Waals surface area contributed by atoms with E-state index >= 15 is 0 Å². The van der Waals surface area contributed by atoms with E-state index in [0.717, 1.165) is 25.2 Å². The Labute approximate surface area is 163 Å². The summed E-state index contributed by atoms with van der Waals surface area (Å²) in [4.78, 5) is 26.9. The molecule has 1 fully saturated rings. The summed E-state index contributed by atoms with van der Waals surface area (Å²) >= 11 is 0. The van der Waals surface area contributed by atoms with E-state index in [1.807, 2.05) is 6.07 Å². The number of fused-ring (bicyclic) bond motifs is 4. The summed E-state index contributed by atoms with van der Waals surface area (Å²) in [5.74, 6) is 0.873. The maximum absolute atomic E-state index is 12.4. The van der Waals surface area contributed by atoms with Gasteiger partial charge in [-0.3, -0.25) is 15.0 Å². The zero-order valence-corrected chi connectivity index (χ0v) is 15.6. The Morgan fingerprint density at radius 3 is 3.00 bits per heavy atom. The predicted octanol–water partition coefficient (Wildman–Crippen LogP) is 3.96. The molecule has 0 aromatic heterocycles. The van der Waals surface area contributed by atoms with Crippen molar-refractivity contribution in [3.63, 3.8) is 0 Å². The number of rotatable bonds is 2. The van der Waals surface area contributed by atoms with Crippen LogP contribution in [-0.4, -0.2) is 36.5 Å². The van der Waals surface area contributed by atoms with Crippen molar-refractivity contribution in [2.45, 2.75) is 31.7 Å². The molecule has 1 amide bonds. The number of carbonyl (C=O) groups is 2. The highest BCUT2D eigenvalue weighted by Crippen LogP contribution is 2.38. The Hall–Kier alpha value is -2.86. The average Bonchev–Trinajstić information content (AvgIpc) is 3.18. The number of hydrogen-bond donors (Lipinski definition) is 1. The molecule has 0 bridgehead atoms. The van der Waals surface area contributed by atoms with Gasteiger partial charge in [-0.1, -0.05) is 6.07 Å². The van der Waals surface area contributed by atoms with Crippen molar-refractivity contribution in [1.82, 2.24) is 4.90 Å². The molecule has 1 unspecified atom stereocenters. The lowest BCUT2D eigenvalue weighted by Crippen LogP contribution is -2.31. The second-order valence-corrected chi connectivity index (χ2v) is 7.55. The van der Waals surface area contributed by atoms with Crippen molar-refractivity contribution in [3.8, 4) is 11.5 Å². The first-order valence-electron chi connectivity index (χ1n) is 9.83. The summed E-state index contributed by atoms with van der Waals surface area (Å²) in [6.07, 6.45) is 3.23. The topological polar surface area (TPSA) is 67.9 Å². The molecule has 5 rings (SSSR count). The van der Waals surface area contributed by atoms with Gasteiger partial charge in [-0.15, -0.1) is 0 Å². The number of benzene rings is 2. The number of Topliss-reactive ketones (excluding diaryl/α,β-unsaturated/α-hetero) is 1. The molecule has 1 saturated heterocycles. The number of hydrogen-bond acceptors (Lipinski definition) is 5. The highest BCUT2D eigenvalue weighted by molar-refractivity contribution is 6.00. The summed E-state index contributed by atoms with van der Waals surface area (Å²) in [6.45, 7) is 2.67. The highest BCUT2D eigenvalue weighted by atomic mass is 16.6. The quantitative estimate of drug-likeness (QED) is 0.857. The SMILES string of the molecule is O=C(Nc1ccc2c(c1)C1CCCN1CC2)Oc1ccc2c(c1)C(=O)CCO2. The lowest BCUT2D eigenvalue weighted by atomic mass is 9.92. The number of anilines is 1. The lowest BCUT2D eigenvalue weighted by Gasteiger charge is -2.32. The predicted molar refractivity (Wildman–Crippen MR) is 104 cm³/mol. The van der Waals surface area contributed by atoms with Crippen LogP contribution >= 0.6 is 0 Å². The second kappa shape index (κ2) is 6.95. The van der Waals surface area contributed by atoms with Gasteiger partial charge in [-0.25, -0.2) is 4.79 Å². The van der Waals surface area contributed by atoms with E-state index in [1.54, 1.807) is 18.2 Å². The van der Waals surface area contributed by atoms with Crippen LogP contribution in [0.3, 0.4) is 0 Å². The van der Waals surface area contributed by atoms with Gasteiger partial charge in [0, 0.05) is 24.7 Å². The molecule has 0 aliphatic carbocycles. The van der Waals surface area contributed by atoms with Gasteiger partial charge in [0.1, 0.15) is 11.5 Å². The van der Waals surface area contributed by atoms with E-state index in [0.29, 0.717) is 36.1 Å². The standard InChI is InChI=1S/C22H22N2O4/c25-20-8-11-27-21-6-5-16(13-18(20)21)28-22(26)23-15-4-3-14-7-10-24-9-1-2-19(24)17(14)12-15/h3-6,12-13,19H,1-2,7-11H2,(H,23,26). The molecule has 0 saturated carbocycles. The molecular weight excluding hydrogens is 356 g/mol. The third-order valence-electron chi connectivity index (χ3n) is 5.83. The number of nitrogens with zero attached hydrogens (tertiary/aromatic N) is 1. The number of nitrogens with one attached hydrogen (secondary N) is 1. The van der Waals surface area contributed by atoms with Gasteiger partial charge in [-0.05, 0) is 67.3 Å². The zero-order valence-electron chi connectivity index (χ0n) is 15.6. The van der Waals surface area contributed by atoms with Gasteiger partial charge in [0.2, 0.25) is 0 Å². The largest absolute Gasteiger partial charge is 0.492 e. The number of amides is 1. The fraction of sp³-hybridized carbons (Fsp3) is 0.364. The van der Waals surface area contributed by atoms with Crippen LogP contribution in [0, 0.1) is 0 Å². The molecule has 3 aliphatic rings. The Balaban J connectivity index is 1.31. The number of ketones is 1. The summed E-state index contributed by atoms with van der Waals surface area (Å²) in [6, 6.07) is 11.4. The third kappa shape index (κ3) is 3.14. The normalized spacial score (nSPS) is 20.6. The maximum atomic E-state index is 12.4. The molecule has 0 radical (unpaired) electrons. The molecule has 2 aromatic rings. The van der Waals surface area contributed by atoms with Crippen LogP contribution in [0.15, 0.2) is 36.4 Å². The minimum absolute atomic E-state index is 0.00270. The van der Waals surface area contributed by atoms with Crippen LogP contribution in [0.2, 0.25) is 0 Å².